The van der Waals surface area contributed by atoms with Gasteiger partial charge in [-0.3, -0.25) is 18.6 Å². The van der Waals surface area contributed by atoms with Crippen LogP contribution >= 0.6 is 7.82 Å². The Balaban J connectivity index is 4.38. The molecule has 11 heteroatoms. The highest BCUT2D eigenvalue weighted by Gasteiger charge is 2.27. The van der Waals surface area contributed by atoms with Gasteiger partial charge >= 0.3 is 19.8 Å². The van der Waals surface area contributed by atoms with Crippen molar-refractivity contribution in [2.24, 2.45) is 0 Å². The monoisotopic (exact) mass is 692 g/mol. The summed E-state index contributed by atoms with van der Waals surface area (Å²) >= 11 is 0. The molecule has 0 bridgehead atoms. The number of phosphoric ester groups is 1. The van der Waals surface area contributed by atoms with Crippen molar-refractivity contribution in [1.29, 1.82) is 0 Å². The van der Waals surface area contributed by atoms with Crippen LogP contribution in [-0.2, 0) is 32.7 Å². The van der Waals surface area contributed by atoms with Gasteiger partial charge in [-0.15, -0.1) is 0 Å². The Labute approximate surface area is 286 Å². The molecule has 0 fully saturated rings. The fourth-order valence-corrected chi connectivity index (χ4v) is 5.78. The van der Waals surface area contributed by atoms with E-state index < -0.39 is 51.8 Å². The minimum atomic E-state index is -4.60. The number of rotatable bonds is 35. The quantitative estimate of drug-likeness (QED) is 0.0254. The molecule has 0 spiro atoms. The van der Waals surface area contributed by atoms with Crippen LogP contribution in [0.15, 0.2) is 12.2 Å². The van der Waals surface area contributed by atoms with Crippen LogP contribution in [0.4, 0.5) is 0 Å². The Morgan fingerprint density at radius 1 is 0.617 bits per heavy atom. The summed E-state index contributed by atoms with van der Waals surface area (Å²) in [5.41, 5.74) is 0. The van der Waals surface area contributed by atoms with Gasteiger partial charge in [0.1, 0.15) is 12.7 Å². The van der Waals surface area contributed by atoms with Crippen LogP contribution in [0.3, 0.4) is 0 Å². The highest BCUT2D eigenvalue weighted by molar-refractivity contribution is 7.47. The van der Waals surface area contributed by atoms with E-state index >= 15 is 0 Å². The third-order valence-electron chi connectivity index (χ3n) is 7.92. The van der Waals surface area contributed by atoms with Crippen LogP contribution in [0.1, 0.15) is 168 Å². The SMILES string of the molecule is CCCCCC/C=C/CCCCCCCC(=O)OC[C@H](COP(=O)(O)OC[C@@H](O)CO)OC(=O)CCCCCCCCCCCCC. The third-order valence-corrected chi connectivity index (χ3v) is 8.87. The molecular weight excluding hydrogens is 623 g/mol. The van der Waals surface area contributed by atoms with Gasteiger partial charge in [0, 0.05) is 12.8 Å². The van der Waals surface area contributed by atoms with Gasteiger partial charge in [-0.1, -0.05) is 129 Å². The molecule has 0 aliphatic carbocycles. The Bertz CT molecular complexity index is 807. The largest absolute Gasteiger partial charge is 0.472 e. The zero-order valence-corrected chi connectivity index (χ0v) is 30.6. The summed E-state index contributed by atoms with van der Waals surface area (Å²) in [7, 11) is -4.60. The molecule has 0 aromatic rings. The van der Waals surface area contributed by atoms with Crippen molar-refractivity contribution < 1.29 is 47.8 Å². The lowest BCUT2D eigenvalue weighted by atomic mass is 10.1. The number of carbonyl (C=O) groups is 2. The minimum absolute atomic E-state index is 0.187. The standard InChI is InChI=1S/C36H69O10P/c1-3-5-7-9-11-13-15-16-18-19-21-23-25-27-35(39)43-31-34(32-45-47(41,42)44-30-33(38)29-37)46-36(40)28-26-24-22-20-17-14-12-10-8-6-4-2/h13,15,33-34,37-38H,3-12,14,16-32H2,1-2H3,(H,41,42)/b15-13+/t33-,34+/m0/s1. The average molecular weight is 693 g/mol. The summed E-state index contributed by atoms with van der Waals surface area (Å²) in [6.45, 7) is 2.33. The van der Waals surface area contributed by atoms with Crippen molar-refractivity contribution in [2.75, 3.05) is 26.4 Å². The molecule has 0 aliphatic rings. The zero-order chi connectivity index (χ0) is 34.9. The second kappa shape index (κ2) is 33.2. The molecule has 3 N–H and O–H groups in total. The lowest BCUT2D eigenvalue weighted by Crippen LogP contribution is -2.29. The molecule has 0 aromatic heterocycles. The van der Waals surface area contributed by atoms with Gasteiger partial charge in [0.2, 0.25) is 0 Å². The van der Waals surface area contributed by atoms with Gasteiger partial charge in [-0.25, -0.2) is 4.57 Å². The number of phosphoric acid groups is 1. The van der Waals surface area contributed by atoms with E-state index in [1.807, 2.05) is 0 Å². The Morgan fingerprint density at radius 3 is 1.55 bits per heavy atom. The van der Waals surface area contributed by atoms with Gasteiger partial charge in [-0.05, 0) is 38.5 Å². The predicted octanol–water partition coefficient (Wildman–Crippen LogP) is 8.89. The smallest absolute Gasteiger partial charge is 0.462 e. The third kappa shape index (κ3) is 33.0. The molecule has 10 nitrogen and oxygen atoms in total. The molecule has 0 aromatic carbocycles. The summed E-state index contributed by atoms with van der Waals surface area (Å²) in [4.78, 5) is 34.7. The Morgan fingerprint density at radius 2 is 1.04 bits per heavy atom. The predicted molar refractivity (Wildman–Crippen MR) is 187 cm³/mol. The van der Waals surface area contributed by atoms with E-state index in [-0.39, 0.29) is 19.4 Å². The van der Waals surface area contributed by atoms with E-state index in [1.54, 1.807) is 0 Å². The Hall–Kier alpha value is -1.29. The van der Waals surface area contributed by atoms with E-state index in [2.05, 4.69) is 30.5 Å². The van der Waals surface area contributed by atoms with Crippen LogP contribution in [-0.4, -0.2) is 65.7 Å². The van der Waals surface area contributed by atoms with E-state index in [4.69, 9.17) is 19.1 Å². The second-order valence-corrected chi connectivity index (χ2v) is 14.1. The summed E-state index contributed by atoms with van der Waals surface area (Å²) < 4.78 is 32.5. The molecule has 0 heterocycles. The first-order valence-corrected chi connectivity index (χ1v) is 20.1. The number of aliphatic hydroxyl groups excluding tert-OH is 2. The van der Waals surface area contributed by atoms with Crippen LogP contribution in [0.25, 0.3) is 0 Å². The number of hydrogen-bond acceptors (Lipinski definition) is 9. The normalized spacial score (nSPS) is 14.2. The van der Waals surface area contributed by atoms with Crippen molar-refractivity contribution in [1.82, 2.24) is 0 Å². The second-order valence-electron chi connectivity index (χ2n) is 12.6. The summed E-state index contributed by atoms with van der Waals surface area (Å²) in [5, 5.41) is 18.2. The van der Waals surface area contributed by atoms with E-state index in [9.17, 15) is 24.2 Å². The topological polar surface area (TPSA) is 149 Å². The first-order chi connectivity index (χ1) is 22.7. The number of aliphatic hydroxyl groups is 2. The molecule has 0 radical (unpaired) electrons. The van der Waals surface area contributed by atoms with Gasteiger partial charge in [-0.2, -0.15) is 0 Å². The van der Waals surface area contributed by atoms with Crippen molar-refractivity contribution in [2.45, 2.75) is 180 Å². The number of allylic oxidation sites excluding steroid dienone is 2. The van der Waals surface area contributed by atoms with Crippen LogP contribution in [0, 0.1) is 0 Å². The molecule has 1 unspecified atom stereocenters. The summed E-state index contributed by atoms with van der Waals surface area (Å²) in [6.07, 6.45) is 27.5. The van der Waals surface area contributed by atoms with E-state index in [0.29, 0.717) is 12.8 Å². The maximum absolute atomic E-state index is 12.5. The van der Waals surface area contributed by atoms with Crippen molar-refractivity contribution >= 4 is 19.8 Å². The van der Waals surface area contributed by atoms with Crippen LogP contribution in [0.5, 0.6) is 0 Å². The molecule has 3 atom stereocenters. The van der Waals surface area contributed by atoms with Crippen molar-refractivity contribution in [3.63, 3.8) is 0 Å². The van der Waals surface area contributed by atoms with Gasteiger partial charge < -0.3 is 24.6 Å². The fourth-order valence-electron chi connectivity index (χ4n) is 4.99. The molecule has 0 aliphatic heterocycles. The van der Waals surface area contributed by atoms with Gasteiger partial charge in [0.15, 0.2) is 6.10 Å². The maximum Gasteiger partial charge on any atom is 0.472 e. The molecular formula is C36H69O10P. The van der Waals surface area contributed by atoms with Gasteiger partial charge in [0.25, 0.3) is 0 Å². The lowest BCUT2D eigenvalue weighted by Gasteiger charge is -2.20. The first kappa shape index (κ1) is 45.7. The van der Waals surface area contributed by atoms with Crippen LogP contribution < -0.4 is 0 Å². The fraction of sp³-hybridized carbons (Fsp3) is 0.889. The molecule has 0 rings (SSSR count). The minimum Gasteiger partial charge on any atom is -0.462 e. The summed E-state index contributed by atoms with van der Waals surface area (Å²) in [5.74, 6) is -0.932. The highest BCUT2D eigenvalue weighted by Crippen LogP contribution is 2.43. The van der Waals surface area contributed by atoms with E-state index in [0.717, 1.165) is 57.8 Å². The number of carbonyl (C=O) groups excluding carboxylic acids is 2. The van der Waals surface area contributed by atoms with Crippen molar-refractivity contribution in [3.8, 4) is 0 Å². The number of esters is 2. The average Bonchev–Trinajstić information content (AvgIpc) is 3.05. The van der Waals surface area contributed by atoms with Crippen molar-refractivity contribution in [3.05, 3.63) is 12.2 Å². The lowest BCUT2D eigenvalue weighted by molar-refractivity contribution is -0.161. The van der Waals surface area contributed by atoms with Gasteiger partial charge in [0.05, 0.1) is 19.8 Å². The highest BCUT2D eigenvalue weighted by atomic mass is 31.2. The molecule has 0 saturated carbocycles. The number of hydrogen-bond donors (Lipinski definition) is 3. The van der Waals surface area contributed by atoms with E-state index in [1.165, 1.54) is 70.6 Å². The maximum atomic E-state index is 12.5. The molecule has 0 amide bonds. The number of ether oxygens (including phenoxy) is 2. The molecule has 278 valence electrons. The summed E-state index contributed by atoms with van der Waals surface area (Å²) in [6, 6.07) is 0. The number of unbranched alkanes of at least 4 members (excludes halogenated alkanes) is 19. The Kier molecular flexibility index (Phi) is 32.3. The molecule has 47 heavy (non-hydrogen) atoms. The zero-order valence-electron chi connectivity index (χ0n) is 29.8. The molecule has 0 saturated heterocycles. The van der Waals surface area contributed by atoms with Crippen LogP contribution in [0.2, 0.25) is 0 Å². The first-order valence-electron chi connectivity index (χ1n) is 18.6.